The van der Waals surface area contributed by atoms with E-state index in [2.05, 4.69) is 91.0 Å². The number of benzene rings is 8. The number of aromatic nitrogens is 5. The van der Waals surface area contributed by atoms with Crippen LogP contribution in [-0.2, 0) is 0 Å². The minimum absolute atomic E-state index is 0.684. The molecule has 0 unspecified atom stereocenters. The summed E-state index contributed by atoms with van der Waals surface area (Å²) in [5, 5.41) is 17.5. The van der Waals surface area contributed by atoms with Crippen molar-refractivity contribution < 1.29 is 4.42 Å². The van der Waals surface area contributed by atoms with Crippen LogP contribution >= 0.6 is 0 Å². The molecule has 6 heteroatoms. The van der Waals surface area contributed by atoms with Crippen molar-refractivity contribution >= 4 is 65.4 Å². The third kappa shape index (κ3) is 4.51. The van der Waals surface area contributed by atoms with Gasteiger partial charge in [0, 0.05) is 32.7 Å². The lowest BCUT2D eigenvalue weighted by atomic mass is 9.96. The third-order valence-corrected chi connectivity index (χ3v) is 10.0. The van der Waals surface area contributed by atoms with Crippen LogP contribution in [0.3, 0.4) is 0 Å². The Kier molecular flexibility index (Phi) is 6.15. The first-order valence-corrected chi connectivity index (χ1v) is 17.3. The Hall–Kier alpha value is -7.18. The zero-order valence-corrected chi connectivity index (χ0v) is 27.7. The quantitative estimate of drug-likeness (QED) is 0.175. The lowest BCUT2D eigenvalue weighted by molar-refractivity contribution is 0.669. The number of hydrogen-bond donors (Lipinski definition) is 0. The highest BCUT2D eigenvalue weighted by atomic mass is 16.3. The topological polar surface area (TPSA) is 69.6 Å². The van der Waals surface area contributed by atoms with Gasteiger partial charge >= 0.3 is 0 Å². The van der Waals surface area contributed by atoms with E-state index in [0.29, 0.717) is 5.82 Å². The molecule has 0 fully saturated rings. The molecule has 0 aliphatic rings. The van der Waals surface area contributed by atoms with Gasteiger partial charge in [0.1, 0.15) is 22.2 Å². The summed E-state index contributed by atoms with van der Waals surface area (Å²) in [6.45, 7) is 0. The summed E-state index contributed by atoms with van der Waals surface area (Å²) in [5.74, 6) is 0.684. The highest BCUT2D eigenvalue weighted by Crippen LogP contribution is 2.37. The van der Waals surface area contributed by atoms with Gasteiger partial charge in [-0.15, -0.1) is 10.2 Å². The van der Waals surface area contributed by atoms with Gasteiger partial charge in [-0.1, -0.05) is 103 Å². The largest absolute Gasteiger partial charge is 0.456 e. The number of furan rings is 1. The maximum atomic E-state index is 6.12. The summed E-state index contributed by atoms with van der Waals surface area (Å²) in [4.78, 5) is 12.0. The molecule has 11 rings (SSSR count). The molecule has 242 valence electrons. The number of hydrogen-bond acceptors (Lipinski definition) is 5. The second-order valence-electron chi connectivity index (χ2n) is 13.2. The van der Waals surface area contributed by atoms with Gasteiger partial charge in [0.05, 0.1) is 16.9 Å². The van der Waals surface area contributed by atoms with E-state index in [9.17, 15) is 0 Å². The fourth-order valence-corrected chi connectivity index (χ4v) is 7.52. The van der Waals surface area contributed by atoms with Crippen LogP contribution in [0.2, 0.25) is 0 Å². The molecule has 0 radical (unpaired) electrons. The van der Waals surface area contributed by atoms with Crippen LogP contribution in [0, 0.1) is 0 Å². The van der Waals surface area contributed by atoms with E-state index < -0.39 is 0 Å². The van der Waals surface area contributed by atoms with Gasteiger partial charge in [0.15, 0.2) is 5.82 Å². The van der Waals surface area contributed by atoms with E-state index >= 15 is 0 Å². The van der Waals surface area contributed by atoms with Gasteiger partial charge in [-0.3, -0.25) is 0 Å². The number of fused-ring (bicyclic) bond motifs is 9. The van der Waals surface area contributed by atoms with Gasteiger partial charge in [-0.2, -0.15) is 4.80 Å². The SMILES string of the molecule is c1ccc(-n2nc3ccc4ccc5cc(-c6cccc(-c7nc(-c8ccc9oc%10ccccc%10c9c8)c8ccccc8n7)c6)ccc5c4c3n2)cc1. The summed E-state index contributed by atoms with van der Waals surface area (Å²) < 4.78 is 6.12. The zero-order chi connectivity index (χ0) is 34.2. The Bertz CT molecular complexity index is 3200. The minimum atomic E-state index is 0.684. The minimum Gasteiger partial charge on any atom is -0.456 e. The summed E-state index contributed by atoms with van der Waals surface area (Å²) in [5.41, 5.74) is 10.4. The van der Waals surface area contributed by atoms with E-state index in [1.807, 2.05) is 72.8 Å². The molecule has 3 heterocycles. The summed E-state index contributed by atoms with van der Waals surface area (Å²) >= 11 is 0. The summed E-state index contributed by atoms with van der Waals surface area (Å²) in [6.07, 6.45) is 0. The fourth-order valence-electron chi connectivity index (χ4n) is 7.52. The van der Waals surface area contributed by atoms with Gasteiger partial charge in [-0.25, -0.2) is 9.97 Å². The molecule has 0 saturated heterocycles. The van der Waals surface area contributed by atoms with Crippen molar-refractivity contribution in [3.63, 3.8) is 0 Å². The molecule has 0 bridgehead atoms. The maximum absolute atomic E-state index is 6.12. The van der Waals surface area contributed by atoms with Gasteiger partial charge < -0.3 is 4.42 Å². The molecule has 0 saturated carbocycles. The zero-order valence-electron chi connectivity index (χ0n) is 27.7. The first-order chi connectivity index (χ1) is 25.7. The number of nitrogens with zero attached hydrogens (tertiary/aromatic N) is 5. The Morgan fingerprint density at radius 1 is 0.423 bits per heavy atom. The summed E-state index contributed by atoms with van der Waals surface area (Å²) in [7, 11) is 0. The molecule has 3 aromatic heterocycles. The molecule has 11 aromatic rings. The highest BCUT2D eigenvalue weighted by molar-refractivity contribution is 6.18. The molecule has 0 N–H and O–H groups in total. The number of rotatable bonds is 4. The van der Waals surface area contributed by atoms with Crippen LogP contribution in [0.1, 0.15) is 0 Å². The Morgan fingerprint density at radius 2 is 1.17 bits per heavy atom. The first-order valence-electron chi connectivity index (χ1n) is 17.3. The van der Waals surface area contributed by atoms with E-state index in [-0.39, 0.29) is 0 Å². The normalized spacial score (nSPS) is 11.8. The second kappa shape index (κ2) is 11.2. The third-order valence-electron chi connectivity index (χ3n) is 10.0. The molecule has 0 amide bonds. The van der Waals surface area contributed by atoms with Gasteiger partial charge in [0.25, 0.3) is 0 Å². The standard InChI is InChI=1S/C46H27N5O/c1-2-11-34(12-3-1)51-49-40-23-20-28-17-18-31-25-30(19-22-35(31)43(28)45(40)50-51)29-9-8-10-33(26-29)46-47-39-15-6-4-14-37(39)44(48-46)32-21-24-42-38(27-32)36-13-5-7-16-41(36)52-42/h1-27H. The predicted molar refractivity (Wildman–Crippen MR) is 211 cm³/mol. The van der Waals surface area contributed by atoms with Crippen molar-refractivity contribution in [1.82, 2.24) is 25.0 Å². The van der Waals surface area contributed by atoms with Crippen LogP contribution < -0.4 is 0 Å². The van der Waals surface area contributed by atoms with Crippen molar-refractivity contribution in [2.45, 2.75) is 0 Å². The van der Waals surface area contributed by atoms with E-state index in [1.54, 1.807) is 4.80 Å². The lowest BCUT2D eigenvalue weighted by Gasteiger charge is -2.11. The van der Waals surface area contributed by atoms with Gasteiger partial charge in [-0.05, 0) is 87.9 Å². The molecular formula is C46H27N5O. The molecular weight excluding hydrogens is 639 g/mol. The summed E-state index contributed by atoms with van der Waals surface area (Å²) in [6, 6.07) is 56.5. The van der Waals surface area contributed by atoms with Crippen molar-refractivity contribution in [3.05, 3.63) is 164 Å². The van der Waals surface area contributed by atoms with Gasteiger partial charge in [0.2, 0.25) is 0 Å². The smallest absolute Gasteiger partial charge is 0.160 e. The molecule has 8 aromatic carbocycles. The van der Waals surface area contributed by atoms with E-state index in [4.69, 9.17) is 24.6 Å². The van der Waals surface area contributed by atoms with E-state index in [0.717, 1.165) is 99.1 Å². The highest BCUT2D eigenvalue weighted by Gasteiger charge is 2.16. The fraction of sp³-hybridized carbons (Fsp3) is 0. The van der Waals surface area contributed by atoms with Crippen molar-refractivity contribution in [2.75, 3.05) is 0 Å². The van der Waals surface area contributed by atoms with E-state index in [1.165, 1.54) is 0 Å². The monoisotopic (exact) mass is 665 g/mol. The molecule has 52 heavy (non-hydrogen) atoms. The average molecular weight is 666 g/mol. The maximum Gasteiger partial charge on any atom is 0.160 e. The lowest BCUT2D eigenvalue weighted by Crippen LogP contribution is -1.97. The van der Waals surface area contributed by atoms with Crippen molar-refractivity contribution in [3.8, 4) is 39.5 Å². The Labute approximate surface area is 297 Å². The Morgan fingerprint density at radius 3 is 2.12 bits per heavy atom. The first kappa shape index (κ1) is 28.6. The molecule has 0 aliphatic carbocycles. The number of para-hydroxylation sites is 3. The molecule has 0 aliphatic heterocycles. The van der Waals surface area contributed by atoms with Crippen LogP contribution in [0.25, 0.3) is 105 Å². The molecule has 0 atom stereocenters. The Balaban J connectivity index is 1.02. The second-order valence-corrected chi connectivity index (χ2v) is 13.2. The van der Waals surface area contributed by atoms with Crippen LogP contribution in [0.5, 0.6) is 0 Å². The average Bonchev–Trinajstić information content (AvgIpc) is 3.82. The molecule has 0 spiro atoms. The molecule has 6 nitrogen and oxygen atoms in total. The van der Waals surface area contributed by atoms with Crippen LogP contribution in [0.4, 0.5) is 0 Å². The van der Waals surface area contributed by atoms with Crippen LogP contribution in [0.15, 0.2) is 168 Å². The predicted octanol–water partition coefficient (Wildman–Crippen LogP) is 11.6. The van der Waals surface area contributed by atoms with Crippen molar-refractivity contribution in [2.24, 2.45) is 0 Å². The van der Waals surface area contributed by atoms with Crippen LogP contribution in [-0.4, -0.2) is 25.0 Å². The van der Waals surface area contributed by atoms with Crippen molar-refractivity contribution in [1.29, 1.82) is 0 Å².